The van der Waals surface area contributed by atoms with Crippen LogP contribution >= 0.6 is 0 Å². The topological polar surface area (TPSA) is 31.5 Å². The molecule has 0 spiro atoms. The molecule has 0 bridgehead atoms. The fourth-order valence-corrected chi connectivity index (χ4v) is 1.87. The summed E-state index contributed by atoms with van der Waals surface area (Å²) < 4.78 is 5.48. The van der Waals surface area contributed by atoms with E-state index in [1.807, 2.05) is 48.5 Å². The molecule has 0 saturated carbocycles. The van der Waals surface area contributed by atoms with Crippen LogP contribution in [0, 0.1) is 0 Å². The van der Waals surface area contributed by atoms with Crippen molar-refractivity contribution < 1.29 is 21.7 Å². The molecule has 0 amide bonds. The van der Waals surface area contributed by atoms with E-state index in [0.29, 0.717) is 25.3 Å². The summed E-state index contributed by atoms with van der Waals surface area (Å²) in [5.41, 5.74) is 2.76. The van der Waals surface area contributed by atoms with Crippen molar-refractivity contribution in [2.45, 2.75) is 19.4 Å². The first-order valence-electron chi connectivity index (χ1n) is 6.54. The van der Waals surface area contributed by atoms with Crippen LogP contribution in [0.25, 0.3) is 5.41 Å². The van der Waals surface area contributed by atoms with E-state index < -0.39 is 0 Å². The van der Waals surface area contributed by atoms with Crippen LogP contribution in [0.2, 0.25) is 0 Å². The fourth-order valence-electron chi connectivity index (χ4n) is 1.87. The maximum absolute atomic E-state index is 9.78. The van der Waals surface area contributed by atoms with Gasteiger partial charge in [-0.2, -0.15) is 5.71 Å². The van der Waals surface area contributed by atoms with Gasteiger partial charge >= 0.3 is 23.1 Å². The van der Waals surface area contributed by atoms with Crippen LogP contribution in [0.3, 0.4) is 0 Å². The number of hydrogen-bond donors (Lipinski definition) is 0. The van der Waals surface area contributed by atoms with Crippen molar-refractivity contribution in [3.05, 3.63) is 77.2 Å². The van der Waals surface area contributed by atoms with Crippen molar-refractivity contribution in [1.82, 2.24) is 0 Å². The van der Waals surface area contributed by atoms with Gasteiger partial charge in [0.25, 0.3) is 0 Å². The fraction of sp³-hybridized carbons (Fsp3) is 0.235. The van der Waals surface area contributed by atoms with Crippen LogP contribution in [-0.4, -0.2) is 35.4 Å². The molecule has 0 heterocycles. The molecule has 0 saturated heterocycles. The molecule has 0 aliphatic rings. The monoisotopic (exact) mass is 355 g/mol. The maximum Gasteiger partial charge on any atom is 2.00 e. The molecule has 0 aliphatic carbocycles. The normalized spacial score (nSPS) is 9.33. The van der Waals surface area contributed by atoms with Gasteiger partial charge in [0.2, 0.25) is 0 Å². The van der Waals surface area contributed by atoms with Gasteiger partial charge in [0.1, 0.15) is 0 Å². The maximum atomic E-state index is 9.78. The molecule has 2 aromatic rings. The third-order valence-corrected chi connectivity index (χ3v) is 2.93. The minimum Gasteiger partial charge on any atom is -1.00 e. The summed E-state index contributed by atoms with van der Waals surface area (Å²) in [4.78, 5) is 0. The molecule has 0 N–H and O–H groups in total. The molecule has 0 atom stereocenters. The Balaban J connectivity index is 0.00000200. The molecule has 0 fully saturated rings. The first-order chi connectivity index (χ1) is 9.34. The third kappa shape index (κ3) is 8.36. The zero-order valence-electron chi connectivity index (χ0n) is 12.0. The molecular weight excluding hydrogens is 338 g/mol. The number of halogens is 1. The van der Waals surface area contributed by atoms with Crippen molar-refractivity contribution in [3.63, 3.8) is 0 Å². The van der Waals surface area contributed by atoms with Crippen molar-refractivity contribution in [1.29, 1.82) is 0 Å². The van der Waals surface area contributed by atoms with Crippen LogP contribution in [-0.2, 0) is 17.8 Å². The number of rotatable bonds is 7. The first kappa shape index (κ1) is 20.3. The van der Waals surface area contributed by atoms with Crippen LogP contribution in [0.15, 0.2) is 60.7 Å². The zero-order chi connectivity index (χ0) is 13.3. The van der Waals surface area contributed by atoms with Gasteiger partial charge in [-0.25, -0.2) is 0 Å². The van der Waals surface area contributed by atoms with Crippen LogP contribution in [0.1, 0.15) is 17.5 Å². The standard InChI is InChI=1S/C17H18NO.BrH.Mg/c18-17(12-11-15-7-3-1-4-8-15)14-19-13-16-9-5-2-6-10-16;;/h1-10H,11-14H2;1H;/q-1;;+2/p-1. The molecule has 106 valence electrons. The second-order valence-electron chi connectivity index (χ2n) is 4.53. The van der Waals surface area contributed by atoms with E-state index in [1.165, 1.54) is 5.56 Å². The van der Waals surface area contributed by atoms with E-state index in [1.54, 1.807) is 0 Å². The van der Waals surface area contributed by atoms with Gasteiger partial charge in [-0.3, -0.25) is 0 Å². The Morgan fingerprint density at radius 2 is 1.38 bits per heavy atom. The molecule has 21 heavy (non-hydrogen) atoms. The number of hydrogen-bond acceptors (Lipinski definition) is 1. The summed E-state index contributed by atoms with van der Waals surface area (Å²) >= 11 is 0. The molecule has 0 aromatic heterocycles. The van der Waals surface area contributed by atoms with Crippen molar-refractivity contribution >= 4 is 28.8 Å². The Hall–Kier alpha value is -0.684. The quantitative estimate of drug-likeness (QED) is 0.524. The zero-order valence-corrected chi connectivity index (χ0v) is 15.0. The van der Waals surface area contributed by atoms with Gasteiger partial charge in [0, 0.05) is 6.61 Å². The Morgan fingerprint density at radius 3 is 1.95 bits per heavy atom. The van der Waals surface area contributed by atoms with E-state index in [4.69, 9.17) is 4.74 Å². The predicted molar refractivity (Wildman–Crippen MR) is 85.0 cm³/mol. The molecule has 0 radical (unpaired) electrons. The van der Waals surface area contributed by atoms with Crippen LogP contribution in [0.5, 0.6) is 0 Å². The van der Waals surface area contributed by atoms with Gasteiger partial charge in [0.05, 0.1) is 6.61 Å². The SMILES string of the molecule is [Br-].[Mg+2].[N-]=C(CCc1ccccc1)COCc1ccccc1. The van der Waals surface area contributed by atoms with E-state index in [-0.39, 0.29) is 40.0 Å². The second kappa shape index (κ2) is 11.9. The van der Waals surface area contributed by atoms with Crippen LogP contribution in [0.4, 0.5) is 0 Å². The molecule has 0 aliphatic heterocycles. The Bertz CT molecular complexity index is 505. The van der Waals surface area contributed by atoms with Gasteiger partial charge in [-0.1, -0.05) is 60.7 Å². The Morgan fingerprint density at radius 1 is 0.857 bits per heavy atom. The van der Waals surface area contributed by atoms with Gasteiger partial charge in [-0.15, -0.1) is 0 Å². The molecule has 2 rings (SSSR count). The minimum absolute atomic E-state index is 0. The van der Waals surface area contributed by atoms with E-state index in [9.17, 15) is 5.41 Å². The van der Waals surface area contributed by atoms with E-state index in [2.05, 4.69) is 12.1 Å². The second-order valence-corrected chi connectivity index (χ2v) is 4.53. The number of ether oxygens (including phenoxy) is 1. The van der Waals surface area contributed by atoms with Crippen LogP contribution < -0.4 is 17.0 Å². The van der Waals surface area contributed by atoms with E-state index in [0.717, 1.165) is 12.0 Å². The molecule has 2 aromatic carbocycles. The predicted octanol–water partition coefficient (Wildman–Crippen LogP) is 0.470. The van der Waals surface area contributed by atoms with Gasteiger partial charge < -0.3 is 27.1 Å². The van der Waals surface area contributed by atoms with Crippen molar-refractivity contribution in [2.75, 3.05) is 6.61 Å². The summed E-state index contributed by atoms with van der Waals surface area (Å²) in [5.74, 6) is 0. The molecular formula is C17H18BrMgNO. The number of nitrogens with zero attached hydrogens (tertiary/aromatic N) is 1. The third-order valence-electron chi connectivity index (χ3n) is 2.93. The summed E-state index contributed by atoms with van der Waals surface area (Å²) in [6, 6.07) is 20.1. The summed E-state index contributed by atoms with van der Waals surface area (Å²) in [6.45, 7) is 0.845. The largest absolute Gasteiger partial charge is 2.00 e. The van der Waals surface area contributed by atoms with Gasteiger partial charge in [0.15, 0.2) is 0 Å². The molecule has 4 heteroatoms. The molecule has 2 nitrogen and oxygen atoms in total. The van der Waals surface area contributed by atoms with E-state index >= 15 is 0 Å². The summed E-state index contributed by atoms with van der Waals surface area (Å²) in [6.07, 6.45) is 1.50. The number of benzene rings is 2. The van der Waals surface area contributed by atoms with Gasteiger partial charge in [-0.05, 0) is 24.0 Å². The molecule has 0 unspecified atom stereocenters. The average Bonchev–Trinajstić information content (AvgIpc) is 2.47. The Labute approximate surface area is 153 Å². The first-order valence-corrected chi connectivity index (χ1v) is 6.54. The smallest absolute Gasteiger partial charge is 1.00 e. The Kier molecular flexibility index (Phi) is 11.5. The number of aryl methyl sites for hydroxylation is 1. The summed E-state index contributed by atoms with van der Waals surface area (Å²) in [7, 11) is 0. The minimum atomic E-state index is 0. The van der Waals surface area contributed by atoms with Crippen molar-refractivity contribution in [2.24, 2.45) is 0 Å². The van der Waals surface area contributed by atoms with Crippen molar-refractivity contribution in [3.8, 4) is 0 Å². The summed E-state index contributed by atoms with van der Waals surface area (Å²) in [5, 5.41) is 9.78. The average molecular weight is 357 g/mol.